The Labute approximate surface area is 180 Å². The number of hydrogen-bond donors (Lipinski definition) is 1. The molecule has 154 valence electrons. The zero-order valence-corrected chi connectivity index (χ0v) is 18.3. The van der Waals surface area contributed by atoms with Crippen LogP contribution in [0.2, 0.25) is 0 Å². The molecule has 0 aliphatic carbocycles. The first-order chi connectivity index (χ1) is 14.5. The van der Waals surface area contributed by atoms with E-state index >= 15 is 0 Å². The Hall–Kier alpha value is -3.30. The third kappa shape index (κ3) is 5.00. The van der Waals surface area contributed by atoms with Gasteiger partial charge in [-0.25, -0.2) is 0 Å². The van der Waals surface area contributed by atoms with Crippen molar-refractivity contribution in [2.24, 2.45) is 5.73 Å². The molecule has 3 heteroatoms. The van der Waals surface area contributed by atoms with Crippen molar-refractivity contribution in [2.45, 2.75) is 6.04 Å². The summed E-state index contributed by atoms with van der Waals surface area (Å²) in [5.41, 5.74) is 11.0. The summed E-state index contributed by atoms with van der Waals surface area (Å²) in [4.78, 5) is 4.32. The molecule has 0 saturated carbocycles. The SMILES string of the molecule is CN(C)c1cccc2cccc(N(C)C)c12.NC(c1ccccc1)c1ccccc1. The molecule has 4 aromatic rings. The smallest absolute Gasteiger partial charge is 0.0551 e. The second-order valence-corrected chi connectivity index (χ2v) is 7.74. The number of nitrogens with zero attached hydrogens (tertiary/aromatic N) is 2. The maximum atomic E-state index is 6.12. The molecule has 0 radical (unpaired) electrons. The van der Waals surface area contributed by atoms with Crippen LogP contribution in [0, 0.1) is 0 Å². The van der Waals surface area contributed by atoms with Crippen molar-refractivity contribution in [3.63, 3.8) is 0 Å². The monoisotopic (exact) mass is 397 g/mol. The highest BCUT2D eigenvalue weighted by atomic mass is 15.1. The standard InChI is InChI=1S/C14H18N2.C13H13N/c1-15(2)12-9-5-7-11-8-6-10-13(14(11)12)16(3)4;14-13(11-7-3-1-4-8-11)12-9-5-2-6-10-12/h5-10H,1-4H3;1-10,13H,14H2. The minimum atomic E-state index is -0.0163. The van der Waals surface area contributed by atoms with Crippen molar-refractivity contribution in [1.82, 2.24) is 0 Å². The quantitative estimate of drug-likeness (QED) is 0.479. The molecule has 0 fully saturated rings. The van der Waals surface area contributed by atoms with Gasteiger partial charge < -0.3 is 15.5 Å². The van der Waals surface area contributed by atoms with Crippen molar-refractivity contribution >= 4 is 22.1 Å². The third-order valence-electron chi connectivity index (χ3n) is 5.14. The van der Waals surface area contributed by atoms with Crippen LogP contribution in [0.15, 0.2) is 97.1 Å². The van der Waals surface area contributed by atoms with E-state index < -0.39 is 0 Å². The molecule has 4 aromatic carbocycles. The number of nitrogens with two attached hydrogens (primary N) is 1. The first kappa shape index (κ1) is 21.4. The fraction of sp³-hybridized carbons (Fsp3) is 0.185. The van der Waals surface area contributed by atoms with E-state index in [4.69, 9.17) is 5.73 Å². The molecule has 0 bridgehead atoms. The number of hydrogen-bond acceptors (Lipinski definition) is 3. The van der Waals surface area contributed by atoms with Crippen LogP contribution in [-0.4, -0.2) is 28.2 Å². The third-order valence-corrected chi connectivity index (χ3v) is 5.14. The lowest BCUT2D eigenvalue weighted by Crippen LogP contribution is -2.13. The zero-order valence-electron chi connectivity index (χ0n) is 18.3. The summed E-state index contributed by atoms with van der Waals surface area (Å²) in [5.74, 6) is 0. The molecule has 0 saturated heterocycles. The van der Waals surface area contributed by atoms with Gasteiger partial charge in [-0.1, -0.05) is 84.9 Å². The van der Waals surface area contributed by atoms with Crippen LogP contribution in [0.3, 0.4) is 0 Å². The minimum absolute atomic E-state index is 0.0163. The van der Waals surface area contributed by atoms with E-state index in [1.165, 1.54) is 22.1 Å². The maximum Gasteiger partial charge on any atom is 0.0551 e. The highest BCUT2D eigenvalue weighted by molar-refractivity contribution is 6.03. The molecule has 0 atom stereocenters. The van der Waals surface area contributed by atoms with E-state index in [-0.39, 0.29) is 6.04 Å². The Kier molecular flexibility index (Phi) is 7.10. The number of benzene rings is 4. The zero-order chi connectivity index (χ0) is 21.5. The highest BCUT2D eigenvalue weighted by Crippen LogP contribution is 2.33. The van der Waals surface area contributed by atoms with E-state index in [1.54, 1.807) is 0 Å². The van der Waals surface area contributed by atoms with E-state index in [9.17, 15) is 0 Å². The van der Waals surface area contributed by atoms with Crippen LogP contribution in [0.1, 0.15) is 17.2 Å². The van der Waals surface area contributed by atoms with Gasteiger partial charge in [0.05, 0.1) is 6.04 Å². The van der Waals surface area contributed by atoms with E-state index in [0.29, 0.717) is 0 Å². The average molecular weight is 398 g/mol. The number of anilines is 2. The average Bonchev–Trinajstić information content (AvgIpc) is 2.79. The Bertz CT molecular complexity index is 975. The molecule has 0 aromatic heterocycles. The van der Waals surface area contributed by atoms with Crippen LogP contribution < -0.4 is 15.5 Å². The van der Waals surface area contributed by atoms with Gasteiger partial charge in [-0.15, -0.1) is 0 Å². The summed E-state index contributed by atoms with van der Waals surface area (Å²) in [6.45, 7) is 0. The fourth-order valence-corrected chi connectivity index (χ4v) is 3.56. The Morgan fingerprint density at radius 2 is 0.933 bits per heavy atom. The molecule has 0 aliphatic heterocycles. The lowest BCUT2D eigenvalue weighted by Gasteiger charge is -2.21. The van der Waals surface area contributed by atoms with Crippen molar-refractivity contribution in [3.05, 3.63) is 108 Å². The summed E-state index contributed by atoms with van der Waals surface area (Å²) in [6, 6.07) is 33.1. The van der Waals surface area contributed by atoms with Crippen molar-refractivity contribution in [2.75, 3.05) is 38.0 Å². The summed E-state index contributed by atoms with van der Waals surface area (Å²) in [7, 11) is 8.34. The van der Waals surface area contributed by atoms with Gasteiger partial charge in [0.2, 0.25) is 0 Å². The summed E-state index contributed by atoms with van der Waals surface area (Å²) < 4.78 is 0. The lowest BCUT2D eigenvalue weighted by atomic mass is 10.00. The summed E-state index contributed by atoms with van der Waals surface area (Å²) in [6.07, 6.45) is 0. The van der Waals surface area contributed by atoms with Gasteiger partial charge in [0, 0.05) is 45.0 Å². The Balaban J connectivity index is 0.000000172. The highest BCUT2D eigenvalue weighted by Gasteiger charge is 2.08. The van der Waals surface area contributed by atoms with Crippen LogP contribution in [0.25, 0.3) is 10.8 Å². The molecule has 0 unspecified atom stereocenters. The fourth-order valence-electron chi connectivity index (χ4n) is 3.56. The van der Waals surface area contributed by atoms with Gasteiger partial charge in [-0.3, -0.25) is 0 Å². The first-order valence-corrected chi connectivity index (χ1v) is 10.2. The predicted octanol–water partition coefficient (Wildman–Crippen LogP) is 5.71. The molecule has 3 nitrogen and oxygen atoms in total. The molecule has 4 rings (SSSR count). The van der Waals surface area contributed by atoms with Crippen LogP contribution in [0.5, 0.6) is 0 Å². The lowest BCUT2D eigenvalue weighted by molar-refractivity contribution is 0.871. The maximum absolute atomic E-state index is 6.12. The van der Waals surface area contributed by atoms with Crippen molar-refractivity contribution < 1.29 is 0 Å². The second-order valence-electron chi connectivity index (χ2n) is 7.74. The van der Waals surface area contributed by atoms with Gasteiger partial charge in [-0.2, -0.15) is 0 Å². The normalized spacial score (nSPS) is 10.5. The summed E-state index contributed by atoms with van der Waals surface area (Å²) in [5, 5.41) is 2.61. The van der Waals surface area contributed by atoms with Crippen LogP contribution in [-0.2, 0) is 0 Å². The molecule has 0 aliphatic rings. The first-order valence-electron chi connectivity index (χ1n) is 10.2. The minimum Gasteiger partial charge on any atom is -0.377 e. The molecule has 30 heavy (non-hydrogen) atoms. The van der Waals surface area contributed by atoms with Gasteiger partial charge in [0.15, 0.2) is 0 Å². The predicted molar refractivity (Wildman–Crippen MR) is 132 cm³/mol. The number of rotatable bonds is 4. The van der Waals surface area contributed by atoms with E-state index in [2.05, 4.69) is 98.7 Å². The molecule has 0 heterocycles. The van der Waals surface area contributed by atoms with Gasteiger partial charge in [0.1, 0.15) is 0 Å². The van der Waals surface area contributed by atoms with Gasteiger partial charge >= 0.3 is 0 Å². The Morgan fingerprint density at radius 3 is 1.30 bits per heavy atom. The van der Waals surface area contributed by atoms with Crippen molar-refractivity contribution in [1.29, 1.82) is 0 Å². The molecular weight excluding hydrogens is 366 g/mol. The van der Waals surface area contributed by atoms with Gasteiger partial charge in [0.25, 0.3) is 0 Å². The Morgan fingerprint density at radius 1 is 0.533 bits per heavy atom. The molecule has 0 spiro atoms. The molecule has 0 amide bonds. The topological polar surface area (TPSA) is 32.5 Å². The second kappa shape index (κ2) is 9.95. The van der Waals surface area contributed by atoms with Crippen molar-refractivity contribution in [3.8, 4) is 0 Å². The van der Waals surface area contributed by atoms with Gasteiger partial charge in [-0.05, 0) is 28.6 Å². The van der Waals surface area contributed by atoms with E-state index in [0.717, 1.165) is 11.1 Å². The van der Waals surface area contributed by atoms with E-state index in [1.807, 2.05) is 36.4 Å². The largest absolute Gasteiger partial charge is 0.377 e. The molecule has 2 N–H and O–H groups in total. The number of fused-ring (bicyclic) bond motifs is 1. The molecular formula is C27H31N3. The van der Waals surface area contributed by atoms with Crippen LogP contribution in [0.4, 0.5) is 11.4 Å². The summed E-state index contributed by atoms with van der Waals surface area (Å²) >= 11 is 0. The van der Waals surface area contributed by atoms with Crippen LogP contribution >= 0.6 is 0 Å².